The average Bonchev–Trinajstić information content (AvgIpc) is 3.23. The molecule has 2 aromatic rings. The number of aromatic nitrogens is 3. The Balaban J connectivity index is 1.51. The highest BCUT2D eigenvalue weighted by Gasteiger charge is 2.26. The summed E-state index contributed by atoms with van der Waals surface area (Å²) in [6, 6.07) is -0.0667. The molecule has 1 aliphatic rings. The van der Waals surface area contributed by atoms with Crippen LogP contribution in [0.1, 0.15) is 35.6 Å². The molecule has 3 rings (SSSR count). The van der Waals surface area contributed by atoms with Crippen molar-refractivity contribution in [3.8, 4) is 0 Å². The minimum Gasteiger partial charge on any atom is -0.370 e. The number of morpholine rings is 1. The summed E-state index contributed by atoms with van der Waals surface area (Å²) in [5, 5.41) is 11.2. The maximum atomic E-state index is 12.4. The minimum atomic E-state index is -0.123. The molecule has 1 atom stereocenters. The van der Waals surface area contributed by atoms with Crippen molar-refractivity contribution in [1.82, 2.24) is 25.2 Å². The topological polar surface area (TPSA) is 85.4 Å². The van der Waals surface area contributed by atoms with Crippen molar-refractivity contribution < 1.29 is 14.1 Å². The maximum absolute atomic E-state index is 12.4. The molecule has 1 aliphatic heterocycles. The first-order valence-electron chi connectivity index (χ1n) is 8.67. The van der Waals surface area contributed by atoms with Crippen LogP contribution in [-0.2, 0) is 17.7 Å². The van der Waals surface area contributed by atoms with Gasteiger partial charge in [0, 0.05) is 37.0 Å². The Kier molecular flexibility index (Phi) is 5.37. The average molecular weight is 347 g/mol. The molecule has 136 valence electrons. The second-order valence-corrected chi connectivity index (χ2v) is 6.22. The number of hydrogen-bond acceptors (Lipinski definition) is 5. The van der Waals surface area contributed by atoms with Crippen LogP contribution in [-0.4, -0.2) is 52.1 Å². The number of nitrogens with one attached hydrogen (secondary N) is 1. The summed E-state index contributed by atoms with van der Waals surface area (Å²) < 4.78 is 12.8. The summed E-state index contributed by atoms with van der Waals surface area (Å²) in [4.78, 5) is 14.2. The first kappa shape index (κ1) is 17.5. The monoisotopic (exact) mass is 347 g/mol. The number of amides is 2. The van der Waals surface area contributed by atoms with E-state index in [1.807, 2.05) is 37.8 Å². The van der Waals surface area contributed by atoms with Gasteiger partial charge < -0.3 is 19.5 Å². The summed E-state index contributed by atoms with van der Waals surface area (Å²) in [6.07, 6.45) is 4.38. The van der Waals surface area contributed by atoms with Gasteiger partial charge in [0.25, 0.3) is 0 Å². The fourth-order valence-corrected chi connectivity index (χ4v) is 3.02. The second-order valence-electron chi connectivity index (χ2n) is 6.22. The van der Waals surface area contributed by atoms with E-state index in [4.69, 9.17) is 9.26 Å². The van der Waals surface area contributed by atoms with Crippen LogP contribution in [0.3, 0.4) is 0 Å². The number of ether oxygens (including phenoxy) is 1. The predicted octanol–water partition coefficient (Wildman–Crippen LogP) is 1.83. The molecule has 1 fully saturated rings. The van der Waals surface area contributed by atoms with E-state index in [0.717, 1.165) is 29.1 Å². The van der Waals surface area contributed by atoms with Gasteiger partial charge in [-0.1, -0.05) is 5.16 Å². The highest BCUT2D eigenvalue weighted by atomic mass is 16.5. The van der Waals surface area contributed by atoms with E-state index < -0.39 is 0 Å². The third kappa shape index (κ3) is 4.01. The van der Waals surface area contributed by atoms with Crippen molar-refractivity contribution in [2.75, 3.05) is 26.2 Å². The Morgan fingerprint density at radius 1 is 1.44 bits per heavy atom. The third-order valence-corrected chi connectivity index (χ3v) is 4.54. The summed E-state index contributed by atoms with van der Waals surface area (Å²) in [7, 11) is 0. The number of carbonyl (C=O) groups excluding carboxylic acids is 1. The molecular weight excluding hydrogens is 322 g/mol. The quantitative estimate of drug-likeness (QED) is 0.892. The molecule has 1 saturated heterocycles. The Bertz CT molecular complexity index is 704. The molecule has 2 aromatic heterocycles. The van der Waals surface area contributed by atoms with E-state index in [0.29, 0.717) is 32.7 Å². The summed E-state index contributed by atoms with van der Waals surface area (Å²) in [5.41, 5.74) is 2.95. The predicted molar refractivity (Wildman–Crippen MR) is 91.2 cm³/mol. The Hall–Kier alpha value is -2.35. The molecule has 0 saturated carbocycles. The molecular formula is C17H25N5O3. The third-order valence-electron chi connectivity index (χ3n) is 4.54. The number of rotatable bonds is 5. The van der Waals surface area contributed by atoms with Gasteiger partial charge in [-0.2, -0.15) is 5.10 Å². The molecule has 0 radical (unpaired) electrons. The zero-order chi connectivity index (χ0) is 17.8. The second kappa shape index (κ2) is 7.69. The molecule has 8 nitrogen and oxygen atoms in total. The van der Waals surface area contributed by atoms with Gasteiger partial charge in [-0.25, -0.2) is 4.79 Å². The van der Waals surface area contributed by atoms with Crippen molar-refractivity contribution in [3.63, 3.8) is 0 Å². The van der Waals surface area contributed by atoms with E-state index in [1.54, 1.807) is 4.90 Å². The fourth-order valence-electron chi connectivity index (χ4n) is 3.02. The van der Waals surface area contributed by atoms with Gasteiger partial charge in [0.15, 0.2) is 0 Å². The number of urea groups is 1. The van der Waals surface area contributed by atoms with Crippen molar-refractivity contribution >= 4 is 6.03 Å². The van der Waals surface area contributed by atoms with Gasteiger partial charge >= 0.3 is 6.03 Å². The van der Waals surface area contributed by atoms with Crippen LogP contribution in [0, 0.1) is 13.8 Å². The summed E-state index contributed by atoms with van der Waals surface area (Å²) in [5.74, 6) is 0.811. The van der Waals surface area contributed by atoms with Crippen LogP contribution in [0.15, 0.2) is 16.9 Å². The highest BCUT2D eigenvalue weighted by Crippen LogP contribution is 2.21. The molecule has 0 spiro atoms. The number of hydrogen-bond donors (Lipinski definition) is 1. The number of nitrogens with zero attached hydrogens (tertiary/aromatic N) is 4. The largest absolute Gasteiger partial charge is 0.370 e. The molecule has 25 heavy (non-hydrogen) atoms. The van der Waals surface area contributed by atoms with E-state index in [-0.39, 0.29) is 12.1 Å². The standard InChI is InChI=1S/C17H25N5O3/c1-4-22-10-14(9-19-22)16-11-21(7-8-24-16)17(23)18-6-5-15-12(2)20-25-13(15)3/h9-10,16H,4-8,11H2,1-3H3,(H,18,23). The summed E-state index contributed by atoms with van der Waals surface area (Å²) >= 11 is 0. The molecule has 3 heterocycles. The Labute approximate surface area is 147 Å². The molecule has 0 aromatic carbocycles. The maximum Gasteiger partial charge on any atom is 0.317 e. The van der Waals surface area contributed by atoms with Crippen LogP contribution in [0.25, 0.3) is 0 Å². The SMILES string of the molecule is CCn1cc(C2CN(C(=O)NCCc3c(C)noc3C)CCO2)cn1. The van der Waals surface area contributed by atoms with Crippen molar-refractivity contribution in [3.05, 3.63) is 35.0 Å². The first-order valence-corrected chi connectivity index (χ1v) is 8.67. The molecule has 2 amide bonds. The van der Waals surface area contributed by atoms with Crippen LogP contribution in [0.4, 0.5) is 4.79 Å². The van der Waals surface area contributed by atoms with Crippen molar-refractivity contribution in [1.29, 1.82) is 0 Å². The fraction of sp³-hybridized carbons (Fsp3) is 0.588. The Morgan fingerprint density at radius 2 is 2.28 bits per heavy atom. The number of aryl methyl sites for hydroxylation is 3. The summed E-state index contributed by atoms with van der Waals surface area (Å²) in [6.45, 7) is 8.87. The van der Waals surface area contributed by atoms with Crippen molar-refractivity contribution in [2.24, 2.45) is 0 Å². The number of carbonyl (C=O) groups is 1. The lowest BCUT2D eigenvalue weighted by atomic mass is 10.1. The molecule has 1 unspecified atom stereocenters. The lowest BCUT2D eigenvalue weighted by molar-refractivity contribution is -0.0154. The normalized spacial score (nSPS) is 17.7. The van der Waals surface area contributed by atoms with Crippen LogP contribution in [0.5, 0.6) is 0 Å². The zero-order valence-corrected chi connectivity index (χ0v) is 15.0. The zero-order valence-electron chi connectivity index (χ0n) is 15.0. The lowest BCUT2D eigenvalue weighted by Crippen LogP contribution is -2.47. The van der Waals surface area contributed by atoms with Gasteiger partial charge in [0.1, 0.15) is 11.9 Å². The van der Waals surface area contributed by atoms with Crippen LogP contribution in [0.2, 0.25) is 0 Å². The van der Waals surface area contributed by atoms with Gasteiger partial charge in [-0.15, -0.1) is 0 Å². The van der Waals surface area contributed by atoms with Crippen LogP contribution >= 0.6 is 0 Å². The molecule has 0 bridgehead atoms. The highest BCUT2D eigenvalue weighted by molar-refractivity contribution is 5.74. The van der Waals surface area contributed by atoms with Gasteiger partial charge in [0.05, 0.1) is 25.0 Å². The van der Waals surface area contributed by atoms with Gasteiger partial charge in [-0.05, 0) is 27.2 Å². The van der Waals surface area contributed by atoms with E-state index in [2.05, 4.69) is 15.6 Å². The molecule has 1 N–H and O–H groups in total. The van der Waals surface area contributed by atoms with Gasteiger partial charge in [-0.3, -0.25) is 4.68 Å². The smallest absolute Gasteiger partial charge is 0.317 e. The first-order chi connectivity index (χ1) is 12.1. The lowest BCUT2D eigenvalue weighted by Gasteiger charge is -2.32. The van der Waals surface area contributed by atoms with Crippen molar-refractivity contribution in [2.45, 2.75) is 39.8 Å². The van der Waals surface area contributed by atoms with E-state index in [1.165, 1.54) is 0 Å². The molecule has 0 aliphatic carbocycles. The van der Waals surface area contributed by atoms with Gasteiger partial charge in [0.2, 0.25) is 0 Å². The molecule has 8 heteroatoms. The van der Waals surface area contributed by atoms with E-state index in [9.17, 15) is 4.79 Å². The van der Waals surface area contributed by atoms with E-state index >= 15 is 0 Å². The van der Waals surface area contributed by atoms with Crippen LogP contribution < -0.4 is 5.32 Å². The minimum absolute atomic E-state index is 0.0667. The Morgan fingerprint density at radius 3 is 2.96 bits per heavy atom.